The van der Waals surface area contributed by atoms with Gasteiger partial charge in [0.15, 0.2) is 0 Å². The fourth-order valence-electron chi connectivity index (χ4n) is 1.20. The second kappa shape index (κ2) is 6.53. The minimum atomic E-state index is -3.52. The van der Waals surface area contributed by atoms with Crippen molar-refractivity contribution in [3.05, 3.63) is 27.1 Å². The van der Waals surface area contributed by atoms with Gasteiger partial charge in [0.2, 0.25) is 10.0 Å². The van der Waals surface area contributed by atoms with E-state index >= 15 is 0 Å². The number of halogens is 2. The largest absolute Gasteiger partial charge is 0.481 e. The zero-order valence-corrected chi connectivity index (χ0v) is 13.2. The summed E-state index contributed by atoms with van der Waals surface area (Å²) in [7, 11) is -3.52. The summed E-state index contributed by atoms with van der Waals surface area (Å²) in [5, 5.41) is 8.45. The first-order valence-electron chi connectivity index (χ1n) is 4.97. The van der Waals surface area contributed by atoms with Crippen LogP contribution in [0, 0.1) is 0 Å². The average molecular weight is 401 g/mol. The Morgan fingerprint density at radius 3 is 2.56 bits per heavy atom. The molecular weight excluding hydrogens is 390 g/mol. The van der Waals surface area contributed by atoms with E-state index in [0.717, 1.165) is 4.47 Å². The van der Waals surface area contributed by atoms with Gasteiger partial charge in [0.25, 0.3) is 0 Å². The number of benzene rings is 1. The molecule has 2 N–H and O–H groups in total. The molecule has 0 spiro atoms. The number of nitrogens with one attached hydrogen (secondary N) is 1. The van der Waals surface area contributed by atoms with Gasteiger partial charge < -0.3 is 5.11 Å². The minimum absolute atomic E-state index is 0.0822. The van der Waals surface area contributed by atoms with Crippen molar-refractivity contribution in [3.8, 4) is 0 Å². The molecule has 18 heavy (non-hydrogen) atoms. The van der Waals surface area contributed by atoms with Crippen molar-refractivity contribution in [2.75, 3.05) is 10.5 Å². The second-order valence-corrected chi connectivity index (χ2v) is 7.15. The summed E-state index contributed by atoms with van der Waals surface area (Å²) >= 11 is 6.50. The van der Waals surface area contributed by atoms with Gasteiger partial charge in [-0.25, -0.2) is 8.42 Å². The normalized spacial score (nSPS) is 11.2. The zero-order chi connectivity index (χ0) is 13.8. The van der Waals surface area contributed by atoms with Gasteiger partial charge in [-0.05, 0) is 40.5 Å². The SMILES string of the molecule is O=C(O)CCCS(=O)(=O)Nc1ccc(Br)cc1Br. The van der Waals surface area contributed by atoms with Crippen LogP contribution in [-0.2, 0) is 14.8 Å². The molecule has 100 valence electrons. The third kappa shape index (κ3) is 5.36. The summed E-state index contributed by atoms with van der Waals surface area (Å²) in [5.74, 6) is -1.23. The molecule has 1 aromatic carbocycles. The lowest BCUT2D eigenvalue weighted by Crippen LogP contribution is -2.17. The fraction of sp³-hybridized carbons (Fsp3) is 0.300. The highest BCUT2D eigenvalue weighted by atomic mass is 79.9. The third-order valence-electron chi connectivity index (χ3n) is 2.00. The standard InChI is InChI=1S/C10H11Br2NO4S/c11-7-3-4-9(8(12)6-7)13-18(16,17)5-1-2-10(14)15/h3-4,6,13H,1-2,5H2,(H,14,15). The van der Waals surface area contributed by atoms with Crippen LogP contribution in [0.4, 0.5) is 5.69 Å². The molecule has 0 aromatic heterocycles. The fourth-order valence-corrected chi connectivity index (χ4v) is 3.62. The molecule has 0 amide bonds. The zero-order valence-electron chi connectivity index (χ0n) is 9.19. The molecular formula is C10H11Br2NO4S. The van der Waals surface area contributed by atoms with Crippen molar-refractivity contribution in [2.24, 2.45) is 0 Å². The van der Waals surface area contributed by atoms with Crippen LogP contribution >= 0.6 is 31.9 Å². The summed E-state index contributed by atoms with van der Waals surface area (Å²) in [6.07, 6.45) is -0.0821. The average Bonchev–Trinajstić information content (AvgIpc) is 2.21. The quantitative estimate of drug-likeness (QED) is 0.768. The molecule has 0 saturated heterocycles. The first kappa shape index (κ1) is 15.5. The molecule has 0 fully saturated rings. The van der Waals surface area contributed by atoms with Crippen molar-refractivity contribution in [1.82, 2.24) is 0 Å². The van der Waals surface area contributed by atoms with Crippen LogP contribution in [0.5, 0.6) is 0 Å². The Morgan fingerprint density at radius 2 is 2.00 bits per heavy atom. The van der Waals surface area contributed by atoms with Gasteiger partial charge in [-0.15, -0.1) is 0 Å². The summed E-state index contributed by atoms with van der Waals surface area (Å²) in [5.41, 5.74) is 0.425. The van der Waals surface area contributed by atoms with E-state index in [0.29, 0.717) is 10.2 Å². The van der Waals surface area contributed by atoms with Crippen molar-refractivity contribution in [1.29, 1.82) is 0 Å². The Labute approximate surface area is 122 Å². The van der Waals surface area contributed by atoms with E-state index < -0.39 is 16.0 Å². The van der Waals surface area contributed by atoms with E-state index in [9.17, 15) is 13.2 Å². The van der Waals surface area contributed by atoms with Gasteiger partial charge in [0, 0.05) is 15.4 Å². The summed E-state index contributed by atoms with van der Waals surface area (Å²) in [6, 6.07) is 5.04. The van der Waals surface area contributed by atoms with Crippen molar-refractivity contribution < 1.29 is 18.3 Å². The van der Waals surface area contributed by atoms with Crippen molar-refractivity contribution in [3.63, 3.8) is 0 Å². The molecule has 8 heteroatoms. The van der Waals surface area contributed by atoms with Gasteiger partial charge in [-0.2, -0.15) is 0 Å². The molecule has 1 aromatic rings. The van der Waals surface area contributed by atoms with Crippen LogP contribution in [0.25, 0.3) is 0 Å². The van der Waals surface area contributed by atoms with E-state index in [1.165, 1.54) is 0 Å². The molecule has 0 radical (unpaired) electrons. The molecule has 0 heterocycles. The maximum atomic E-state index is 11.7. The summed E-state index contributed by atoms with van der Waals surface area (Å²) in [6.45, 7) is 0. The van der Waals surface area contributed by atoms with E-state index in [2.05, 4.69) is 36.6 Å². The highest BCUT2D eigenvalue weighted by Crippen LogP contribution is 2.27. The van der Waals surface area contributed by atoms with Crippen LogP contribution in [-0.4, -0.2) is 25.2 Å². The third-order valence-corrected chi connectivity index (χ3v) is 4.51. The van der Waals surface area contributed by atoms with Crippen LogP contribution < -0.4 is 4.72 Å². The number of rotatable bonds is 6. The summed E-state index contributed by atoms with van der Waals surface area (Å²) < 4.78 is 27.2. The summed E-state index contributed by atoms with van der Waals surface area (Å²) in [4.78, 5) is 10.3. The lowest BCUT2D eigenvalue weighted by atomic mass is 10.3. The van der Waals surface area contributed by atoms with Crippen molar-refractivity contribution in [2.45, 2.75) is 12.8 Å². The van der Waals surface area contributed by atoms with Gasteiger partial charge in [0.1, 0.15) is 0 Å². The number of sulfonamides is 1. The predicted octanol–water partition coefficient (Wildman–Crippen LogP) is 2.82. The molecule has 0 unspecified atom stereocenters. The smallest absolute Gasteiger partial charge is 0.303 e. The number of hydrogen-bond acceptors (Lipinski definition) is 3. The molecule has 0 aliphatic rings. The molecule has 0 aliphatic carbocycles. The number of hydrogen-bond donors (Lipinski definition) is 2. The predicted molar refractivity (Wildman–Crippen MR) is 76.1 cm³/mol. The first-order valence-corrected chi connectivity index (χ1v) is 8.21. The lowest BCUT2D eigenvalue weighted by molar-refractivity contribution is -0.137. The highest BCUT2D eigenvalue weighted by molar-refractivity contribution is 9.11. The number of anilines is 1. The van der Waals surface area contributed by atoms with Crippen LogP contribution in [0.15, 0.2) is 27.1 Å². The van der Waals surface area contributed by atoms with Gasteiger partial charge >= 0.3 is 5.97 Å². The Morgan fingerprint density at radius 1 is 1.33 bits per heavy atom. The molecule has 0 saturated carbocycles. The minimum Gasteiger partial charge on any atom is -0.481 e. The lowest BCUT2D eigenvalue weighted by Gasteiger charge is -2.09. The maximum absolute atomic E-state index is 11.7. The maximum Gasteiger partial charge on any atom is 0.303 e. The van der Waals surface area contributed by atoms with Gasteiger partial charge in [0.05, 0.1) is 11.4 Å². The van der Waals surface area contributed by atoms with Gasteiger partial charge in [-0.3, -0.25) is 9.52 Å². The van der Waals surface area contributed by atoms with Crippen molar-refractivity contribution >= 4 is 53.5 Å². The highest BCUT2D eigenvalue weighted by Gasteiger charge is 2.13. The Bertz CT molecular complexity index is 545. The van der Waals surface area contributed by atoms with Gasteiger partial charge in [-0.1, -0.05) is 15.9 Å². The number of carbonyl (C=O) groups is 1. The van der Waals surface area contributed by atoms with Crippen LogP contribution in [0.2, 0.25) is 0 Å². The van der Waals surface area contributed by atoms with Crippen LogP contribution in [0.1, 0.15) is 12.8 Å². The second-order valence-electron chi connectivity index (χ2n) is 3.54. The monoisotopic (exact) mass is 399 g/mol. The van der Waals surface area contributed by atoms with Crippen LogP contribution in [0.3, 0.4) is 0 Å². The first-order chi connectivity index (χ1) is 8.30. The molecule has 5 nitrogen and oxygen atoms in total. The Hall–Kier alpha value is -0.600. The Kier molecular flexibility index (Phi) is 5.61. The number of carboxylic acid groups (broad SMARTS) is 1. The molecule has 0 bridgehead atoms. The molecule has 0 aliphatic heterocycles. The number of aliphatic carboxylic acids is 1. The van der Waals surface area contributed by atoms with E-state index in [4.69, 9.17) is 5.11 Å². The van der Waals surface area contributed by atoms with E-state index in [-0.39, 0.29) is 18.6 Å². The Balaban J connectivity index is 2.67. The van der Waals surface area contributed by atoms with E-state index in [1.807, 2.05) is 0 Å². The number of carboxylic acids is 1. The molecule has 0 atom stereocenters. The molecule has 1 rings (SSSR count). The topological polar surface area (TPSA) is 83.5 Å². The van der Waals surface area contributed by atoms with E-state index in [1.54, 1.807) is 18.2 Å².